The Kier molecular flexibility index (Phi) is 4.81. The highest BCUT2D eigenvalue weighted by Gasteiger charge is 1.79. The molecule has 0 atom stereocenters. The number of halogens is 2. The van der Waals surface area contributed by atoms with Gasteiger partial charge < -0.3 is 4.84 Å². The van der Waals surface area contributed by atoms with Gasteiger partial charge >= 0.3 is 0 Å². The van der Waals surface area contributed by atoms with Crippen LogP contribution in [0.15, 0.2) is 15.7 Å². The third-order valence-corrected chi connectivity index (χ3v) is 0.712. The van der Waals surface area contributed by atoms with Crippen molar-refractivity contribution in [3.63, 3.8) is 0 Å². The average molecular weight is 154 g/mol. The van der Waals surface area contributed by atoms with Gasteiger partial charge in [-0.25, -0.2) is 0 Å². The molecule has 0 rings (SSSR count). The number of hydrogen-bond acceptors (Lipinski definition) is 2. The van der Waals surface area contributed by atoms with E-state index in [0.29, 0.717) is 0 Å². The van der Waals surface area contributed by atoms with Gasteiger partial charge in [0.15, 0.2) is 0 Å². The van der Waals surface area contributed by atoms with Crippen molar-refractivity contribution >= 4 is 29.9 Å². The van der Waals surface area contributed by atoms with Crippen molar-refractivity contribution in [1.82, 2.24) is 0 Å². The highest BCUT2D eigenvalue weighted by atomic mass is 35.5. The van der Waals surface area contributed by atoms with Gasteiger partial charge in [-0.1, -0.05) is 23.2 Å². The first-order valence-corrected chi connectivity index (χ1v) is 2.62. The third kappa shape index (κ3) is 5.79. The average Bonchev–Trinajstić information content (AvgIpc) is 1.66. The molecule has 0 bridgehead atoms. The van der Waals surface area contributed by atoms with Crippen LogP contribution in [0.25, 0.3) is 0 Å². The second-order valence-corrected chi connectivity index (χ2v) is 1.93. The molecule has 0 saturated carbocycles. The second-order valence-electron chi connectivity index (χ2n) is 0.919. The molecule has 0 aliphatic heterocycles. The Bertz CT molecular complexity index is 98.2. The summed E-state index contributed by atoms with van der Waals surface area (Å²) >= 11 is 10.4. The van der Waals surface area contributed by atoms with Crippen molar-refractivity contribution in [3.8, 4) is 0 Å². The Hall–Kier alpha value is -0.210. The number of rotatable bonds is 3. The molecule has 0 N–H and O–H groups in total. The van der Waals surface area contributed by atoms with Crippen molar-refractivity contribution in [2.45, 2.75) is 0 Å². The lowest BCUT2D eigenvalue weighted by Crippen LogP contribution is -1.78. The van der Waals surface area contributed by atoms with E-state index in [1.165, 1.54) is 6.08 Å². The minimum atomic E-state index is 0.175. The number of nitrogens with zero attached hydrogens (tertiary/aromatic N) is 1. The molecular formula is C4H5Cl2NO. The molecule has 0 fully saturated rings. The van der Waals surface area contributed by atoms with Crippen molar-refractivity contribution in [1.29, 1.82) is 0 Å². The fourth-order valence-electron chi connectivity index (χ4n) is 0.153. The highest BCUT2D eigenvalue weighted by molar-refractivity contribution is 6.55. The van der Waals surface area contributed by atoms with Gasteiger partial charge in [-0.2, -0.15) is 0 Å². The van der Waals surface area contributed by atoms with Crippen LogP contribution in [0.1, 0.15) is 0 Å². The molecule has 0 aromatic rings. The van der Waals surface area contributed by atoms with Crippen molar-refractivity contribution in [2.24, 2.45) is 5.16 Å². The van der Waals surface area contributed by atoms with Crippen LogP contribution in [0.2, 0.25) is 0 Å². The Balaban J connectivity index is 3.15. The van der Waals surface area contributed by atoms with E-state index in [2.05, 4.69) is 16.7 Å². The minimum Gasteiger partial charge on any atom is -0.392 e. The van der Waals surface area contributed by atoms with Crippen LogP contribution in [0.4, 0.5) is 0 Å². The summed E-state index contributed by atoms with van der Waals surface area (Å²) in [5.74, 6) is 0. The Labute approximate surface area is 57.7 Å². The Morgan fingerprint density at radius 3 is 2.75 bits per heavy atom. The third-order valence-electron chi connectivity index (χ3n) is 0.403. The first-order chi connectivity index (χ1) is 3.77. The molecule has 0 saturated heterocycles. The van der Waals surface area contributed by atoms with Gasteiger partial charge in [0.1, 0.15) is 11.1 Å². The molecule has 46 valence electrons. The molecule has 0 unspecified atom stereocenters. The van der Waals surface area contributed by atoms with E-state index < -0.39 is 0 Å². The summed E-state index contributed by atoms with van der Waals surface area (Å²) < 4.78 is 0.175. The first-order valence-electron chi connectivity index (χ1n) is 1.86. The maximum Gasteiger partial charge on any atom is 0.137 e. The van der Waals surface area contributed by atoms with Crippen molar-refractivity contribution < 1.29 is 4.84 Å². The molecule has 0 aliphatic rings. The zero-order chi connectivity index (χ0) is 6.41. The SMILES string of the molecule is C=NOCC=C(Cl)Cl. The lowest BCUT2D eigenvalue weighted by Gasteiger charge is -1.87. The molecule has 0 radical (unpaired) electrons. The smallest absolute Gasteiger partial charge is 0.137 e. The molecule has 0 amide bonds. The second kappa shape index (κ2) is 4.94. The lowest BCUT2D eigenvalue weighted by atomic mass is 10.7. The topological polar surface area (TPSA) is 21.6 Å². The molecular weight excluding hydrogens is 149 g/mol. The summed E-state index contributed by atoms with van der Waals surface area (Å²) in [6.45, 7) is 3.34. The monoisotopic (exact) mass is 153 g/mol. The number of hydrogen-bond donors (Lipinski definition) is 0. The maximum atomic E-state index is 5.20. The predicted molar refractivity (Wildman–Crippen MR) is 35.3 cm³/mol. The number of oxime groups is 1. The first kappa shape index (κ1) is 7.79. The summed E-state index contributed by atoms with van der Waals surface area (Å²) in [6.07, 6.45) is 1.47. The van der Waals surface area contributed by atoms with E-state index in [-0.39, 0.29) is 11.1 Å². The molecule has 0 aromatic carbocycles. The van der Waals surface area contributed by atoms with E-state index >= 15 is 0 Å². The molecule has 0 heterocycles. The zero-order valence-electron chi connectivity index (χ0n) is 4.10. The Morgan fingerprint density at radius 1 is 1.75 bits per heavy atom. The molecule has 0 aliphatic carbocycles. The van der Waals surface area contributed by atoms with Gasteiger partial charge in [0.25, 0.3) is 0 Å². The summed E-state index contributed by atoms with van der Waals surface area (Å²) in [5, 5.41) is 3.10. The van der Waals surface area contributed by atoms with Crippen LogP contribution in [-0.2, 0) is 4.84 Å². The summed E-state index contributed by atoms with van der Waals surface area (Å²) in [7, 11) is 0. The van der Waals surface area contributed by atoms with Crippen LogP contribution in [0.5, 0.6) is 0 Å². The van der Waals surface area contributed by atoms with Crippen LogP contribution >= 0.6 is 23.2 Å². The molecule has 0 spiro atoms. The fraction of sp³-hybridized carbons (Fsp3) is 0.250. The fourth-order valence-corrected chi connectivity index (χ4v) is 0.279. The largest absolute Gasteiger partial charge is 0.392 e. The Morgan fingerprint density at radius 2 is 2.38 bits per heavy atom. The predicted octanol–water partition coefficient (Wildman–Crippen LogP) is 1.94. The summed E-state index contributed by atoms with van der Waals surface area (Å²) in [4.78, 5) is 4.41. The van der Waals surface area contributed by atoms with Gasteiger partial charge in [0, 0.05) is 6.72 Å². The van der Waals surface area contributed by atoms with E-state index in [1.54, 1.807) is 0 Å². The normalized spacial score (nSPS) is 7.75. The quantitative estimate of drug-likeness (QED) is 0.345. The summed E-state index contributed by atoms with van der Waals surface area (Å²) in [5.41, 5.74) is 0. The van der Waals surface area contributed by atoms with Crippen molar-refractivity contribution in [3.05, 3.63) is 10.6 Å². The van der Waals surface area contributed by atoms with Gasteiger partial charge in [-0.05, 0) is 6.08 Å². The lowest BCUT2D eigenvalue weighted by molar-refractivity contribution is 0.177. The highest BCUT2D eigenvalue weighted by Crippen LogP contribution is 2.04. The molecule has 8 heavy (non-hydrogen) atoms. The van der Waals surface area contributed by atoms with Crippen LogP contribution in [0.3, 0.4) is 0 Å². The summed E-state index contributed by atoms with van der Waals surface area (Å²) in [6, 6.07) is 0. The van der Waals surface area contributed by atoms with E-state index in [1.807, 2.05) is 0 Å². The van der Waals surface area contributed by atoms with Crippen LogP contribution < -0.4 is 0 Å². The standard InChI is InChI=1S/C4H5Cl2NO/c1-7-8-3-2-4(5)6/h2H,1,3H2. The van der Waals surface area contributed by atoms with E-state index in [4.69, 9.17) is 23.2 Å². The molecule has 0 aromatic heterocycles. The van der Waals surface area contributed by atoms with Gasteiger partial charge in [-0.15, -0.1) is 5.16 Å². The molecule has 2 nitrogen and oxygen atoms in total. The van der Waals surface area contributed by atoms with Gasteiger partial charge in [0.05, 0.1) is 0 Å². The maximum absolute atomic E-state index is 5.20. The van der Waals surface area contributed by atoms with E-state index in [9.17, 15) is 0 Å². The van der Waals surface area contributed by atoms with Crippen molar-refractivity contribution in [2.75, 3.05) is 6.61 Å². The minimum absolute atomic E-state index is 0.175. The van der Waals surface area contributed by atoms with Crippen LogP contribution in [0, 0.1) is 0 Å². The molecule has 4 heteroatoms. The van der Waals surface area contributed by atoms with Gasteiger partial charge in [-0.3, -0.25) is 0 Å². The van der Waals surface area contributed by atoms with Crippen LogP contribution in [-0.4, -0.2) is 13.3 Å². The van der Waals surface area contributed by atoms with E-state index in [0.717, 1.165) is 0 Å². The van der Waals surface area contributed by atoms with Gasteiger partial charge in [0.2, 0.25) is 0 Å². The zero-order valence-corrected chi connectivity index (χ0v) is 5.61.